The molecule has 0 radical (unpaired) electrons. The molecule has 70 valence electrons. The third-order valence-corrected chi connectivity index (χ3v) is 2.59. The van der Waals surface area contributed by atoms with Crippen molar-refractivity contribution in [2.24, 2.45) is 0 Å². The van der Waals surface area contributed by atoms with Crippen LogP contribution in [0, 0.1) is 0 Å². The Bertz CT molecular complexity index is 311. The first kappa shape index (κ1) is 8.40. The number of aliphatic hydroxyl groups is 1. The fraction of sp³-hybridized carbons (Fsp3) is 0.500. The smallest absolute Gasteiger partial charge is 0.249 e. The van der Waals surface area contributed by atoms with Crippen molar-refractivity contribution in [1.82, 2.24) is 5.06 Å². The van der Waals surface area contributed by atoms with E-state index in [0.29, 0.717) is 5.06 Å². The van der Waals surface area contributed by atoms with E-state index in [1.54, 1.807) is 0 Å². The molecule has 1 heterocycles. The van der Waals surface area contributed by atoms with Gasteiger partial charge in [-0.25, -0.2) is 5.06 Å². The van der Waals surface area contributed by atoms with E-state index in [9.17, 15) is 19.9 Å². The zero-order chi connectivity index (χ0) is 9.64. The van der Waals surface area contributed by atoms with Gasteiger partial charge in [-0.2, -0.15) is 0 Å². The summed E-state index contributed by atoms with van der Waals surface area (Å²) in [6.07, 6.45) is 1.72. The number of β-lactam (4-membered cyclic amide) rings is 1. The van der Waals surface area contributed by atoms with Crippen molar-refractivity contribution in [3.8, 4) is 0 Å². The van der Waals surface area contributed by atoms with Crippen LogP contribution in [0.1, 0.15) is 12.8 Å². The molecule has 0 bridgehead atoms. The van der Waals surface area contributed by atoms with Crippen LogP contribution in [0.4, 0.5) is 0 Å². The number of nitrogens with zero attached hydrogens (tertiary/aromatic N) is 1. The van der Waals surface area contributed by atoms with Crippen molar-refractivity contribution >= 4 is 11.7 Å². The lowest BCUT2D eigenvalue weighted by Gasteiger charge is -2.49. The van der Waals surface area contributed by atoms with E-state index in [4.69, 9.17) is 0 Å². The number of allylic oxidation sites excluding steroid dienone is 1. The highest BCUT2D eigenvalue weighted by Gasteiger charge is 2.55. The minimum absolute atomic E-state index is 0.0408. The van der Waals surface area contributed by atoms with E-state index >= 15 is 0 Å². The van der Waals surface area contributed by atoms with Crippen LogP contribution in [0.15, 0.2) is 12.2 Å². The Balaban J connectivity index is 2.29. The molecule has 5 nitrogen and oxygen atoms in total. The molecule has 0 aromatic rings. The number of hydrogen-bond acceptors (Lipinski definition) is 4. The third kappa shape index (κ3) is 0.942. The SMILES string of the molecule is O=C1C=CC2(CC(=O)N2O)[C@H](O)C1. The molecule has 1 aliphatic heterocycles. The fourth-order valence-corrected chi connectivity index (χ4v) is 1.71. The highest BCUT2D eigenvalue weighted by molar-refractivity contribution is 5.94. The van der Waals surface area contributed by atoms with Crippen LogP contribution in [0.25, 0.3) is 0 Å². The second kappa shape index (κ2) is 2.40. The van der Waals surface area contributed by atoms with Gasteiger partial charge in [0.2, 0.25) is 5.91 Å². The van der Waals surface area contributed by atoms with Gasteiger partial charge in [0.05, 0.1) is 12.5 Å². The summed E-state index contributed by atoms with van der Waals surface area (Å²) in [5.74, 6) is -0.621. The minimum Gasteiger partial charge on any atom is -0.390 e. The number of ketones is 1. The first-order valence-electron chi connectivity index (χ1n) is 3.98. The van der Waals surface area contributed by atoms with E-state index in [1.165, 1.54) is 12.2 Å². The van der Waals surface area contributed by atoms with Gasteiger partial charge >= 0.3 is 0 Å². The van der Waals surface area contributed by atoms with E-state index in [1.807, 2.05) is 0 Å². The number of amides is 1. The van der Waals surface area contributed by atoms with Gasteiger partial charge in [-0.3, -0.25) is 14.8 Å². The summed E-state index contributed by atoms with van der Waals surface area (Å²) in [5.41, 5.74) is -1.04. The molecule has 2 N–H and O–H groups in total. The molecule has 1 aliphatic carbocycles. The normalized spacial score (nSPS) is 38.3. The second-order valence-corrected chi connectivity index (χ2v) is 3.39. The van der Waals surface area contributed by atoms with Crippen molar-refractivity contribution in [2.75, 3.05) is 0 Å². The standard InChI is InChI=1S/C8H9NO4/c10-5-1-2-8(6(11)3-5)4-7(12)9(8)13/h1-2,6,11,13H,3-4H2/t6-,8?/m1/s1. The summed E-state index contributed by atoms with van der Waals surface area (Å²) in [6, 6.07) is 0. The Morgan fingerprint density at radius 3 is 2.69 bits per heavy atom. The van der Waals surface area contributed by atoms with Gasteiger partial charge < -0.3 is 5.11 Å². The first-order chi connectivity index (χ1) is 6.06. The largest absolute Gasteiger partial charge is 0.390 e. The highest BCUT2D eigenvalue weighted by atomic mass is 16.5. The quantitative estimate of drug-likeness (QED) is 0.382. The summed E-state index contributed by atoms with van der Waals surface area (Å²) >= 11 is 0. The van der Waals surface area contributed by atoms with Crippen molar-refractivity contribution in [3.63, 3.8) is 0 Å². The van der Waals surface area contributed by atoms with Gasteiger partial charge in [0, 0.05) is 6.42 Å². The topological polar surface area (TPSA) is 77.8 Å². The molecular formula is C8H9NO4. The molecule has 13 heavy (non-hydrogen) atoms. The maximum Gasteiger partial charge on any atom is 0.249 e. The molecule has 1 fully saturated rings. The summed E-state index contributed by atoms with van der Waals surface area (Å²) in [4.78, 5) is 21.6. The molecule has 0 saturated carbocycles. The molecule has 1 unspecified atom stereocenters. The number of carbonyl (C=O) groups is 2. The maximum absolute atomic E-state index is 10.9. The molecule has 1 saturated heterocycles. The monoisotopic (exact) mass is 183 g/mol. The number of carbonyl (C=O) groups excluding carboxylic acids is 2. The van der Waals surface area contributed by atoms with Crippen molar-refractivity contribution in [1.29, 1.82) is 0 Å². The first-order valence-corrected chi connectivity index (χ1v) is 3.98. The van der Waals surface area contributed by atoms with E-state index in [2.05, 4.69) is 0 Å². The summed E-state index contributed by atoms with van der Waals surface area (Å²) in [5, 5.41) is 19.2. The van der Waals surface area contributed by atoms with Crippen molar-refractivity contribution in [2.45, 2.75) is 24.5 Å². The third-order valence-electron chi connectivity index (χ3n) is 2.59. The fourth-order valence-electron chi connectivity index (χ4n) is 1.71. The lowest BCUT2D eigenvalue weighted by molar-refractivity contribution is -0.238. The molecular weight excluding hydrogens is 174 g/mol. The van der Waals surface area contributed by atoms with E-state index in [0.717, 1.165) is 0 Å². The highest BCUT2D eigenvalue weighted by Crippen LogP contribution is 2.38. The van der Waals surface area contributed by atoms with Crippen LogP contribution in [-0.2, 0) is 9.59 Å². The Labute approximate surface area is 74.2 Å². The van der Waals surface area contributed by atoms with Crippen LogP contribution in [-0.4, -0.2) is 38.7 Å². The molecule has 5 heteroatoms. The van der Waals surface area contributed by atoms with Crippen LogP contribution in [0.3, 0.4) is 0 Å². The van der Waals surface area contributed by atoms with E-state index < -0.39 is 17.6 Å². The number of hydroxylamine groups is 2. The predicted octanol–water partition coefficient (Wildman–Crippen LogP) is -0.763. The van der Waals surface area contributed by atoms with Gasteiger partial charge in [-0.05, 0) is 12.2 Å². The van der Waals surface area contributed by atoms with Gasteiger partial charge in [0.1, 0.15) is 5.54 Å². The average molecular weight is 183 g/mol. The van der Waals surface area contributed by atoms with Gasteiger partial charge in [0.15, 0.2) is 5.78 Å². The Morgan fingerprint density at radius 2 is 2.23 bits per heavy atom. The van der Waals surface area contributed by atoms with Crippen molar-refractivity contribution < 1.29 is 19.9 Å². The van der Waals surface area contributed by atoms with Crippen LogP contribution < -0.4 is 0 Å². The summed E-state index contributed by atoms with van der Waals surface area (Å²) < 4.78 is 0. The second-order valence-electron chi connectivity index (χ2n) is 3.39. The lowest BCUT2D eigenvalue weighted by atomic mass is 9.75. The minimum atomic E-state index is -1.04. The lowest BCUT2D eigenvalue weighted by Crippen LogP contribution is -2.67. The predicted molar refractivity (Wildman–Crippen MR) is 40.8 cm³/mol. The zero-order valence-corrected chi connectivity index (χ0v) is 6.80. The molecule has 2 rings (SSSR count). The van der Waals surface area contributed by atoms with Crippen LogP contribution >= 0.6 is 0 Å². The summed E-state index contributed by atoms with van der Waals surface area (Å²) in [6.45, 7) is 0. The van der Waals surface area contributed by atoms with Gasteiger partial charge in [0.25, 0.3) is 0 Å². The number of aliphatic hydroxyl groups excluding tert-OH is 1. The van der Waals surface area contributed by atoms with Crippen molar-refractivity contribution in [3.05, 3.63) is 12.2 Å². The Kier molecular flexibility index (Phi) is 1.55. The van der Waals surface area contributed by atoms with Crippen LogP contribution in [0.5, 0.6) is 0 Å². The molecule has 0 aromatic heterocycles. The molecule has 1 spiro atoms. The zero-order valence-electron chi connectivity index (χ0n) is 6.80. The number of hydrogen-bond donors (Lipinski definition) is 2. The average Bonchev–Trinajstić information content (AvgIpc) is 2.09. The molecule has 2 aliphatic rings. The summed E-state index contributed by atoms with van der Waals surface area (Å²) in [7, 11) is 0. The molecule has 1 amide bonds. The Morgan fingerprint density at radius 1 is 1.54 bits per heavy atom. The number of rotatable bonds is 0. The molecule has 2 atom stereocenters. The Hall–Kier alpha value is -1.20. The molecule has 0 aromatic carbocycles. The van der Waals surface area contributed by atoms with Gasteiger partial charge in [-0.1, -0.05) is 0 Å². The van der Waals surface area contributed by atoms with Crippen LogP contribution in [0.2, 0.25) is 0 Å². The van der Waals surface area contributed by atoms with E-state index in [-0.39, 0.29) is 18.6 Å². The maximum atomic E-state index is 10.9. The van der Waals surface area contributed by atoms with Gasteiger partial charge in [-0.15, -0.1) is 0 Å².